The second-order valence-electron chi connectivity index (χ2n) is 9.78. The Balaban J connectivity index is 1.35. The minimum absolute atomic E-state index is 0.0386. The van der Waals surface area contributed by atoms with Gasteiger partial charge in [0, 0.05) is 19.1 Å². The lowest BCUT2D eigenvalue weighted by Crippen LogP contribution is -2.40. The fourth-order valence-electron chi connectivity index (χ4n) is 5.45. The molecule has 9 heteroatoms. The van der Waals surface area contributed by atoms with Crippen LogP contribution in [0.4, 0.5) is 0 Å². The molecule has 0 saturated carbocycles. The van der Waals surface area contributed by atoms with Gasteiger partial charge in [-0.2, -0.15) is 0 Å². The number of carbonyl (C=O) groups is 3. The highest BCUT2D eigenvalue weighted by Gasteiger charge is 2.56. The van der Waals surface area contributed by atoms with Crippen molar-refractivity contribution in [3.63, 3.8) is 0 Å². The average Bonchev–Trinajstić information content (AvgIpc) is 3.44. The maximum atomic E-state index is 12.9. The van der Waals surface area contributed by atoms with Crippen molar-refractivity contribution in [1.82, 2.24) is 0 Å². The highest BCUT2D eigenvalue weighted by Crippen LogP contribution is 2.45. The lowest BCUT2D eigenvalue weighted by atomic mass is 9.95. The summed E-state index contributed by atoms with van der Waals surface area (Å²) in [6, 6.07) is 21.5. The predicted octanol–water partition coefficient (Wildman–Crippen LogP) is 4.23. The van der Waals surface area contributed by atoms with E-state index in [4.69, 9.17) is 23.7 Å². The molecule has 3 aliphatic heterocycles. The number of phenols is 1. The zero-order chi connectivity index (χ0) is 27.1. The first kappa shape index (κ1) is 24.9. The molecule has 0 aromatic heterocycles. The molecule has 6 rings (SSSR count). The van der Waals surface area contributed by atoms with E-state index in [1.54, 1.807) is 6.07 Å². The fraction of sp³-hybridized carbons (Fsp3) is 0.300. The van der Waals surface area contributed by atoms with Crippen LogP contribution >= 0.6 is 0 Å². The van der Waals surface area contributed by atoms with Crippen LogP contribution in [0.15, 0.2) is 72.8 Å². The topological polar surface area (TPSA) is 118 Å². The summed E-state index contributed by atoms with van der Waals surface area (Å²) in [6.07, 6.45) is -4.27. The van der Waals surface area contributed by atoms with Crippen LogP contribution in [-0.2, 0) is 23.8 Å². The maximum Gasteiger partial charge on any atom is 0.309 e. The van der Waals surface area contributed by atoms with Crippen LogP contribution in [0.2, 0.25) is 0 Å². The van der Waals surface area contributed by atoms with E-state index in [1.165, 1.54) is 13.0 Å². The van der Waals surface area contributed by atoms with Crippen molar-refractivity contribution in [3.05, 3.63) is 89.5 Å². The number of phenolic OH excluding ortho intramolecular Hbond substituents is 1. The molecule has 3 aromatic rings. The van der Waals surface area contributed by atoms with Crippen molar-refractivity contribution in [2.45, 2.75) is 56.4 Å². The third-order valence-corrected chi connectivity index (χ3v) is 7.12. The summed E-state index contributed by atoms with van der Waals surface area (Å²) < 4.78 is 29.8. The number of hydrogen-bond acceptors (Lipinski definition) is 9. The average molecular weight is 531 g/mol. The quantitative estimate of drug-likeness (QED) is 0.467. The van der Waals surface area contributed by atoms with E-state index in [9.17, 15) is 19.5 Å². The predicted molar refractivity (Wildman–Crippen MR) is 135 cm³/mol. The lowest BCUT2D eigenvalue weighted by Gasteiger charge is -2.30. The molecule has 0 spiro atoms. The second kappa shape index (κ2) is 10.1. The Hall–Kier alpha value is -4.37. The number of rotatable bonds is 6. The number of ether oxygens (including phenoxy) is 5. The molecule has 9 nitrogen and oxygen atoms in total. The minimum Gasteiger partial charge on any atom is -0.507 e. The number of benzene rings is 3. The molecule has 3 heterocycles. The Morgan fingerprint density at radius 3 is 2.41 bits per heavy atom. The third kappa shape index (κ3) is 4.81. The van der Waals surface area contributed by atoms with Crippen molar-refractivity contribution in [2.24, 2.45) is 0 Å². The Bertz CT molecular complexity index is 1400. The number of fused-ring (bicyclic) bond motifs is 2. The van der Waals surface area contributed by atoms with Gasteiger partial charge in [0.2, 0.25) is 0 Å². The number of ketones is 1. The molecule has 0 bridgehead atoms. The molecule has 3 aromatic carbocycles. The van der Waals surface area contributed by atoms with Crippen LogP contribution in [0.1, 0.15) is 53.5 Å². The number of carbonyl (C=O) groups excluding carboxylic acids is 3. The first-order valence-electron chi connectivity index (χ1n) is 12.7. The van der Waals surface area contributed by atoms with Crippen molar-refractivity contribution in [2.75, 3.05) is 0 Å². The molecule has 2 fully saturated rings. The van der Waals surface area contributed by atoms with Gasteiger partial charge in [0.05, 0.1) is 12.8 Å². The van der Waals surface area contributed by atoms with Gasteiger partial charge in [-0.25, -0.2) is 0 Å². The van der Waals surface area contributed by atoms with E-state index >= 15 is 0 Å². The van der Waals surface area contributed by atoms with Crippen LogP contribution in [0.5, 0.6) is 17.2 Å². The normalized spacial score (nSPS) is 26.1. The number of hydrogen-bond donors (Lipinski definition) is 1. The van der Waals surface area contributed by atoms with Crippen LogP contribution in [0.25, 0.3) is 0 Å². The molecule has 6 atom stereocenters. The summed E-state index contributed by atoms with van der Waals surface area (Å²) in [5.41, 5.74) is 1.65. The van der Waals surface area contributed by atoms with Crippen molar-refractivity contribution >= 4 is 17.7 Å². The smallest absolute Gasteiger partial charge is 0.309 e. The lowest BCUT2D eigenvalue weighted by molar-refractivity contribution is -0.164. The van der Waals surface area contributed by atoms with Crippen molar-refractivity contribution in [1.29, 1.82) is 0 Å². The summed E-state index contributed by atoms with van der Waals surface area (Å²) in [5, 5.41) is 10.8. The molecular weight excluding hydrogens is 504 g/mol. The first-order chi connectivity index (χ1) is 18.9. The molecule has 1 N–H and O–H groups in total. The molecular formula is C30H26O9. The van der Waals surface area contributed by atoms with Crippen LogP contribution in [-0.4, -0.2) is 47.2 Å². The van der Waals surface area contributed by atoms with E-state index < -0.39 is 48.6 Å². The molecule has 200 valence electrons. The van der Waals surface area contributed by atoms with Gasteiger partial charge in [0.15, 0.2) is 24.1 Å². The zero-order valence-corrected chi connectivity index (χ0v) is 21.0. The summed E-state index contributed by atoms with van der Waals surface area (Å²) in [7, 11) is 0. The van der Waals surface area contributed by atoms with Gasteiger partial charge in [0.25, 0.3) is 0 Å². The zero-order valence-electron chi connectivity index (χ0n) is 21.0. The molecule has 39 heavy (non-hydrogen) atoms. The van der Waals surface area contributed by atoms with E-state index in [1.807, 2.05) is 60.7 Å². The first-order valence-corrected chi connectivity index (χ1v) is 12.7. The summed E-state index contributed by atoms with van der Waals surface area (Å²) in [6.45, 7) is 1.28. The Morgan fingerprint density at radius 1 is 0.974 bits per heavy atom. The molecule has 0 amide bonds. The second-order valence-corrected chi connectivity index (χ2v) is 9.78. The van der Waals surface area contributed by atoms with Crippen LogP contribution in [0, 0.1) is 0 Å². The Kier molecular flexibility index (Phi) is 6.44. The van der Waals surface area contributed by atoms with Gasteiger partial charge in [-0.3, -0.25) is 14.4 Å². The van der Waals surface area contributed by atoms with Gasteiger partial charge in [-0.1, -0.05) is 60.7 Å². The summed E-state index contributed by atoms with van der Waals surface area (Å²) >= 11 is 0. The van der Waals surface area contributed by atoms with Gasteiger partial charge in [-0.15, -0.1) is 0 Å². The van der Waals surface area contributed by atoms with Gasteiger partial charge in [0.1, 0.15) is 41.1 Å². The number of aromatic hydroxyl groups is 1. The van der Waals surface area contributed by atoms with Gasteiger partial charge in [-0.05, 0) is 11.1 Å². The fourth-order valence-corrected chi connectivity index (χ4v) is 5.45. The van der Waals surface area contributed by atoms with Crippen LogP contribution < -0.4 is 9.47 Å². The highest BCUT2D eigenvalue weighted by atomic mass is 16.7. The van der Waals surface area contributed by atoms with Crippen LogP contribution in [0.3, 0.4) is 0 Å². The molecule has 0 radical (unpaired) electrons. The van der Waals surface area contributed by atoms with Crippen molar-refractivity contribution in [3.8, 4) is 17.2 Å². The Morgan fingerprint density at radius 2 is 1.69 bits per heavy atom. The van der Waals surface area contributed by atoms with E-state index in [-0.39, 0.29) is 41.4 Å². The molecule has 0 aliphatic carbocycles. The van der Waals surface area contributed by atoms with E-state index in [0.29, 0.717) is 5.56 Å². The minimum atomic E-state index is -0.907. The monoisotopic (exact) mass is 530 g/mol. The number of esters is 2. The Labute approximate surface area is 224 Å². The molecule has 2 saturated heterocycles. The largest absolute Gasteiger partial charge is 0.507 e. The summed E-state index contributed by atoms with van der Waals surface area (Å²) in [4.78, 5) is 36.8. The SMILES string of the molecule is CC(=O)O[C@@H]1[C@H]2OC(=O)C[C@H]2O[C@@H]1[C@@H](Oc1cc(O)c2c(c1)O[C@H](c1ccccc1)CC2=O)c1ccccc1. The van der Waals surface area contributed by atoms with Gasteiger partial charge >= 0.3 is 11.9 Å². The molecule has 3 aliphatic rings. The number of Topliss-reactive ketones (excluding diaryl/α,β-unsaturated/α-hetero) is 1. The molecule has 0 unspecified atom stereocenters. The van der Waals surface area contributed by atoms with E-state index in [2.05, 4.69) is 0 Å². The van der Waals surface area contributed by atoms with E-state index in [0.717, 1.165) is 5.56 Å². The standard InChI is InChI=1S/C30H26O9/c1-16(31)35-30-28-24(15-25(34)39-28)38-29(30)27(18-10-6-3-7-11-18)36-19-12-20(32)26-21(33)14-22(37-23(26)13-19)17-8-4-2-5-9-17/h2-13,22,24,27-30,32H,14-15H2,1H3/t22-,24+,27-,28-,29+,30+/m0/s1. The van der Waals surface area contributed by atoms with Crippen molar-refractivity contribution < 1.29 is 43.2 Å². The summed E-state index contributed by atoms with van der Waals surface area (Å²) in [5.74, 6) is -1.04. The maximum absolute atomic E-state index is 12.9. The third-order valence-electron chi connectivity index (χ3n) is 7.12. The van der Waals surface area contributed by atoms with Gasteiger partial charge < -0.3 is 28.8 Å². The highest BCUT2D eigenvalue weighted by molar-refractivity contribution is 6.02.